The van der Waals surface area contributed by atoms with E-state index in [0.29, 0.717) is 0 Å². The molecule has 1 nitrogen and oxygen atoms in total. The SMILES string of the molecule is CC.Cc1ccc(-c2ccc(N)cc2)cc1C. The van der Waals surface area contributed by atoms with Crippen LogP contribution in [0.15, 0.2) is 42.5 Å². The van der Waals surface area contributed by atoms with Crippen molar-refractivity contribution in [2.45, 2.75) is 27.7 Å². The van der Waals surface area contributed by atoms with Gasteiger partial charge in [0.05, 0.1) is 0 Å². The van der Waals surface area contributed by atoms with Crippen LogP contribution in [0.3, 0.4) is 0 Å². The molecule has 0 radical (unpaired) electrons. The molecular formula is C16H21N. The summed E-state index contributed by atoms with van der Waals surface area (Å²) in [6.45, 7) is 8.26. The molecule has 0 bridgehead atoms. The molecule has 0 heterocycles. The van der Waals surface area contributed by atoms with Crippen LogP contribution in [-0.2, 0) is 0 Å². The minimum atomic E-state index is 0.808. The first-order valence-electron chi connectivity index (χ1n) is 6.10. The molecule has 0 aliphatic rings. The number of hydrogen-bond acceptors (Lipinski definition) is 1. The normalized spacial score (nSPS) is 9.41. The van der Waals surface area contributed by atoms with E-state index in [1.54, 1.807) is 0 Å². The Morgan fingerprint density at radius 3 is 1.76 bits per heavy atom. The summed E-state index contributed by atoms with van der Waals surface area (Å²) in [7, 11) is 0. The Morgan fingerprint density at radius 2 is 1.24 bits per heavy atom. The monoisotopic (exact) mass is 227 g/mol. The zero-order chi connectivity index (χ0) is 12.8. The van der Waals surface area contributed by atoms with Crippen molar-refractivity contribution in [3.63, 3.8) is 0 Å². The molecule has 0 amide bonds. The van der Waals surface area contributed by atoms with Crippen LogP contribution in [0, 0.1) is 13.8 Å². The summed E-state index contributed by atoms with van der Waals surface area (Å²) in [4.78, 5) is 0. The number of anilines is 1. The third-order valence-electron chi connectivity index (χ3n) is 2.75. The number of rotatable bonds is 1. The maximum Gasteiger partial charge on any atom is 0.0314 e. The highest BCUT2D eigenvalue weighted by molar-refractivity contribution is 5.66. The lowest BCUT2D eigenvalue weighted by molar-refractivity contribution is 1.34. The minimum absolute atomic E-state index is 0.808. The van der Waals surface area contributed by atoms with Crippen LogP contribution in [0.2, 0.25) is 0 Å². The van der Waals surface area contributed by atoms with Gasteiger partial charge in [-0.3, -0.25) is 0 Å². The van der Waals surface area contributed by atoms with Gasteiger partial charge in [-0.1, -0.05) is 44.2 Å². The first-order valence-corrected chi connectivity index (χ1v) is 6.10. The van der Waals surface area contributed by atoms with Gasteiger partial charge in [0.25, 0.3) is 0 Å². The van der Waals surface area contributed by atoms with E-state index in [1.165, 1.54) is 22.3 Å². The summed E-state index contributed by atoms with van der Waals surface area (Å²) in [5.74, 6) is 0. The third-order valence-corrected chi connectivity index (χ3v) is 2.75. The molecule has 0 aliphatic carbocycles. The predicted molar refractivity (Wildman–Crippen MR) is 77.1 cm³/mol. The molecule has 1 heteroatoms. The summed E-state index contributed by atoms with van der Waals surface area (Å²) >= 11 is 0. The predicted octanol–water partition coefficient (Wildman–Crippen LogP) is 4.58. The van der Waals surface area contributed by atoms with E-state index in [0.717, 1.165) is 5.69 Å². The first kappa shape index (κ1) is 13.3. The van der Waals surface area contributed by atoms with E-state index < -0.39 is 0 Å². The second kappa shape index (κ2) is 6.09. The van der Waals surface area contributed by atoms with Crippen LogP contribution in [0.25, 0.3) is 11.1 Å². The molecule has 90 valence electrons. The zero-order valence-corrected chi connectivity index (χ0v) is 11.1. The molecule has 0 fully saturated rings. The van der Waals surface area contributed by atoms with Gasteiger partial charge >= 0.3 is 0 Å². The Kier molecular flexibility index (Phi) is 4.77. The fourth-order valence-electron chi connectivity index (χ4n) is 1.60. The first-order chi connectivity index (χ1) is 8.16. The van der Waals surface area contributed by atoms with E-state index in [2.05, 4.69) is 44.2 Å². The highest BCUT2D eigenvalue weighted by atomic mass is 14.5. The van der Waals surface area contributed by atoms with Gasteiger partial charge in [-0.15, -0.1) is 0 Å². The molecular weight excluding hydrogens is 206 g/mol. The van der Waals surface area contributed by atoms with Crippen molar-refractivity contribution < 1.29 is 0 Å². The summed E-state index contributed by atoms with van der Waals surface area (Å²) < 4.78 is 0. The molecule has 0 saturated carbocycles. The summed E-state index contributed by atoms with van der Waals surface area (Å²) in [6, 6.07) is 14.5. The number of nitrogens with two attached hydrogens (primary N) is 1. The van der Waals surface area contributed by atoms with Crippen LogP contribution in [0.4, 0.5) is 5.69 Å². The van der Waals surface area contributed by atoms with Crippen molar-refractivity contribution in [1.82, 2.24) is 0 Å². The van der Waals surface area contributed by atoms with Crippen molar-refractivity contribution in [2.75, 3.05) is 5.73 Å². The Balaban J connectivity index is 0.000000686. The summed E-state index contributed by atoms with van der Waals surface area (Å²) in [5.41, 5.74) is 11.6. The second-order valence-corrected chi connectivity index (χ2v) is 3.92. The highest BCUT2D eigenvalue weighted by Crippen LogP contribution is 2.22. The lowest BCUT2D eigenvalue weighted by Gasteiger charge is -2.05. The average molecular weight is 227 g/mol. The molecule has 0 aromatic heterocycles. The molecule has 2 rings (SSSR count). The molecule has 0 atom stereocenters. The van der Waals surface area contributed by atoms with Gasteiger partial charge in [0.15, 0.2) is 0 Å². The Hall–Kier alpha value is -1.76. The largest absolute Gasteiger partial charge is 0.399 e. The maximum atomic E-state index is 5.66. The molecule has 0 aliphatic heterocycles. The van der Waals surface area contributed by atoms with Crippen molar-refractivity contribution in [3.05, 3.63) is 53.6 Å². The highest BCUT2D eigenvalue weighted by Gasteiger charge is 1.99. The molecule has 0 unspecified atom stereocenters. The standard InChI is InChI=1S/C14H15N.C2H6/c1-10-3-4-13(9-11(10)2)12-5-7-14(15)8-6-12;1-2/h3-9H,15H2,1-2H3;1-2H3. The average Bonchev–Trinajstić information content (AvgIpc) is 2.36. The van der Waals surface area contributed by atoms with Gasteiger partial charge in [0.1, 0.15) is 0 Å². The van der Waals surface area contributed by atoms with E-state index >= 15 is 0 Å². The van der Waals surface area contributed by atoms with E-state index in [-0.39, 0.29) is 0 Å². The topological polar surface area (TPSA) is 26.0 Å². The fourth-order valence-corrected chi connectivity index (χ4v) is 1.60. The van der Waals surface area contributed by atoms with E-state index in [4.69, 9.17) is 5.73 Å². The van der Waals surface area contributed by atoms with Crippen LogP contribution in [0.1, 0.15) is 25.0 Å². The summed E-state index contributed by atoms with van der Waals surface area (Å²) in [5, 5.41) is 0. The van der Waals surface area contributed by atoms with Crippen molar-refractivity contribution >= 4 is 5.69 Å². The summed E-state index contributed by atoms with van der Waals surface area (Å²) in [6.07, 6.45) is 0. The second-order valence-electron chi connectivity index (χ2n) is 3.92. The van der Waals surface area contributed by atoms with Gasteiger partial charge < -0.3 is 5.73 Å². The van der Waals surface area contributed by atoms with E-state index in [1.807, 2.05) is 26.0 Å². The van der Waals surface area contributed by atoms with Crippen molar-refractivity contribution in [2.24, 2.45) is 0 Å². The van der Waals surface area contributed by atoms with Crippen molar-refractivity contribution in [3.8, 4) is 11.1 Å². The maximum absolute atomic E-state index is 5.66. The number of aryl methyl sites for hydroxylation is 2. The minimum Gasteiger partial charge on any atom is -0.399 e. The van der Waals surface area contributed by atoms with E-state index in [9.17, 15) is 0 Å². The lowest BCUT2D eigenvalue weighted by atomic mass is 10.0. The van der Waals surface area contributed by atoms with Gasteiger partial charge in [0.2, 0.25) is 0 Å². The number of hydrogen-bond donors (Lipinski definition) is 1. The van der Waals surface area contributed by atoms with Crippen LogP contribution < -0.4 is 5.73 Å². The Bertz CT molecular complexity index is 469. The fraction of sp³-hybridized carbons (Fsp3) is 0.250. The molecule has 0 saturated heterocycles. The zero-order valence-electron chi connectivity index (χ0n) is 11.1. The molecule has 17 heavy (non-hydrogen) atoms. The van der Waals surface area contributed by atoms with Crippen molar-refractivity contribution in [1.29, 1.82) is 0 Å². The van der Waals surface area contributed by atoms with Crippen LogP contribution in [0.5, 0.6) is 0 Å². The molecule has 2 aromatic rings. The molecule has 2 N–H and O–H groups in total. The smallest absolute Gasteiger partial charge is 0.0314 e. The van der Waals surface area contributed by atoms with Gasteiger partial charge in [0, 0.05) is 5.69 Å². The lowest BCUT2D eigenvalue weighted by Crippen LogP contribution is -1.85. The quantitative estimate of drug-likeness (QED) is 0.709. The Morgan fingerprint density at radius 1 is 0.706 bits per heavy atom. The molecule has 0 spiro atoms. The van der Waals surface area contributed by atoms with Crippen LogP contribution >= 0.6 is 0 Å². The Labute approximate surface area is 104 Å². The third kappa shape index (κ3) is 3.35. The van der Waals surface area contributed by atoms with Gasteiger partial charge in [-0.2, -0.15) is 0 Å². The number of benzene rings is 2. The molecule has 2 aromatic carbocycles. The van der Waals surface area contributed by atoms with Gasteiger partial charge in [-0.25, -0.2) is 0 Å². The number of nitrogen functional groups attached to an aromatic ring is 1. The van der Waals surface area contributed by atoms with Gasteiger partial charge in [-0.05, 0) is 48.2 Å². The van der Waals surface area contributed by atoms with Crippen LogP contribution in [-0.4, -0.2) is 0 Å².